The van der Waals surface area contributed by atoms with Crippen molar-refractivity contribution < 1.29 is 14.4 Å². The number of likely N-dealkylation sites (N-methyl/N-ethyl adjacent to an activating group) is 1. The summed E-state index contributed by atoms with van der Waals surface area (Å²) in [5.41, 5.74) is 0. The van der Waals surface area contributed by atoms with E-state index >= 15 is 0 Å². The molecule has 114 valence electrons. The van der Waals surface area contributed by atoms with Crippen LogP contribution in [0.25, 0.3) is 0 Å². The minimum absolute atomic E-state index is 0.00713. The topological polar surface area (TPSA) is 90.5 Å². The van der Waals surface area contributed by atoms with Crippen molar-refractivity contribution in [3.05, 3.63) is 0 Å². The van der Waals surface area contributed by atoms with E-state index in [0.29, 0.717) is 18.5 Å². The zero-order valence-corrected chi connectivity index (χ0v) is 12.4. The quantitative estimate of drug-likeness (QED) is 0.597. The number of hydrogen-bond donors (Lipinski definition) is 3. The molecule has 0 atom stereocenters. The van der Waals surface area contributed by atoms with Crippen LogP contribution >= 0.6 is 0 Å². The number of urea groups is 1. The molecule has 1 fully saturated rings. The predicted octanol–water partition coefficient (Wildman–Crippen LogP) is -0.321. The summed E-state index contributed by atoms with van der Waals surface area (Å²) in [6.07, 6.45) is 2.07. The van der Waals surface area contributed by atoms with Gasteiger partial charge < -0.3 is 10.6 Å². The van der Waals surface area contributed by atoms with E-state index in [4.69, 9.17) is 0 Å². The Labute approximate surface area is 119 Å². The first-order chi connectivity index (χ1) is 9.36. The summed E-state index contributed by atoms with van der Waals surface area (Å²) in [7, 11) is 1.66. The van der Waals surface area contributed by atoms with Crippen LogP contribution in [0.5, 0.6) is 0 Å². The average molecular weight is 284 g/mol. The van der Waals surface area contributed by atoms with Crippen LogP contribution in [0.3, 0.4) is 0 Å². The van der Waals surface area contributed by atoms with Crippen molar-refractivity contribution in [1.29, 1.82) is 0 Å². The largest absolute Gasteiger partial charge is 0.352 e. The van der Waals surface area contributed by atoms with Crippen LogP contribution < -0.4 is 16.0 Å². The number of carbonyl (C=O) groups excluding carboxylic acids is 3. The van der Waals surface area contributed by atoms with Crippen molar-refractivity contribution in [3.8, 4) is 0 Å². The van der Waals surface area contributed by atoms with E-state index in [9.17, 15) is 14.4 Å². The lowest BCUT2D eigenvalue weighted by atomic mass is 10.2. The zero-order valence-electron chi connectivity index (χ0n) is 12.4. The maximum atomic E-state index is 11.6. The third-order valence-corrected chi connectivity index (χ3v) is 2.69. The molecule has 0 aliphatic heterocycles. The molecule has 0 aromatic heterocycles. The van der Waals surface area contributed by atoms with Gasteiger partial charge >= 0.3 is 6.03 Å². The highest BCUT2D eigenvalue weighted by molar-refractivity contribution is 5.95. The van der Waals surface area contributed by atoms with Gasteiger partial charge in [0.15, 0.2) is 0 Å². The Hall–Kier alpha value is -1.63. The molecule has 1 aliphatic carbocycles. The van der Waals surface area contributed by atoms with Gasteiger partial charge in [0.2, 0.25) is 11.8 Å². The van der Waals surface area contributed by atoms with E-state index in [1.54, 1.807) is 11.9 Å². The standard InChI is InChI=1S/C13H24N4O3/c1-9(2)6-14-13(20)16-12(19)8-17(3)7-11(18)15-10-4-5-10/h9-10H,4-8H2,1-3H3,(H,15,18)(H2,14,16,19,20). The Morgan fingerprint density at radius 3 is 2.30 bits per heavy atom. The molecule has 0 spiro atoms. The van der Waals surface area contributed by atoms with Crippen LogP contribution in [0.15, 0.2) is 0 Å². The van der Waals surface area contributed by atoms with Gasteiger partial charge in [0.05, 0.1) is 13.1 Å². The summed E-state index contributed by atoms with van der Waals surface area (Å²) < 4.78 is 0. The molecule has 7 nitrogen and oxygen atoms in total. The molecule has 0 unspecified atom stereocenters. The number of carbonyl (C=O) groups is 3. The van der Waals surface area contributed by atoms with Gasteiger partial charge in [-0.1, -0.05) is 13.8 Å². The molecule has 1 saturated carbocycles. The summed E-state index contributed by atoms with van der Waals surface area (Å²) in [6.45, 7) is 4.60. The van der Waals surface area contributed by atoms with Crippen molar-refractivity contribution >= 4 is 17.8 Å². The molecule has 7 heteroatoms. The highest BCUT2D eigenvalue weighted by Gasteiger charge is 2.23. The van der Waals surface area contributed by atoms with E-state index in [1.165, 1.54) is 0 Å². The second-order valence-electron chi connectivity index (χ2n) is 5.67. The van der Waals surface area contributed by atoms with Gasteiger partial charge in [-0.2, -0.15) is 0 Å². The van der Waals surface area contributed by atoms with E-state index in [-0.39, 0.29) is 19.0 Å². The maximum Gasteiger partial charge on any atom is 0.321 e. The SMILES string of the molecule is CC(C)CNC(=O)NC(=O)CN(C)CC(=O)NC1CC1. The average Bonchev–Trinajstić information content (AvgIpc) is 3.09. The van der Waals surface area contributed by atoms with Crippen molar-refractivity contribution in [2.24, 2.45) is 5.92 Å². The van der Waals surface area contributed by atoms with Gasteiger partial charge in [-0.3, -0.25) is 19.8 Å². The Balaban J connectivity index is 2.16. The number of hydrogen-bond acceptors (Lipinski definition) is 4. The van der Waals surface area contributed by atoms with E-state index in [0.717, 1.165) is 12.8 Å². The molecule has 0 heterocycles. The molecule has 0 radical (unpaired) electrons. The number of nitrogens with zero attached hydrogens (tertiary/aromatic N) is 1. The Bertz CT molecular complexity index is 367. The van der Waals surface area contributed by atoms with E-state index in [2.05, 4.69) is 16.0 Å². The molecule has 0 bridgehead atoms. The summed E-state index contributed by atoms with van der Waals surface area (Å²) in [6, 6.07) is -0.189. The van der Waals surface area contributed by atoms with Crippen LogP contribution in [0.1, 0.15) is 26.7 Å². The molecular formula is C13H24N4O3. The van der Waals surface area contributed by atoms with Crippen LogP contribution in [0.2, 0.25) is 0 Å². The van der Waals surface area contributed by atoms with E-state index < -0.39 is 11.9 Å². The van der Waals surface area contributed by atoms with Crippen LogP contribution in [-0.2, 0) is 9.59 Å². The van der Waals surface area contributed by atoms with Gasteiger partial charge in [-0.15, -0.1) is 0 Å². The minimum Gasteiger partial charge on any atom is -0.352 e. The molecule has 3 N–H and O–H groups in total. The third kappa shape index (κ3) is 7.73. The molecule has 0 saturated heterocycles. The molecular weight excluding hydrogens is 260 g/mol. The van der Waals surface area contributed by atoms with Gasteiger partial charge in [0, 0.05) is 12.6 Å². The second kappa shape index (κ2) is 7.84. The minimum atomic E-state index is -0.500. The summed E-state index contributed by atoms with van der Waals surface area (Å²) in [5, 5.41) is 7.66. The fourth-order valence-corrected chi connectivity index (χ4v) is 1.55. The fraction of sp³-hybridized carbons (Fsp3) is 0.769. The van der Waals surface area contributed by atoms with Crippen molar-refractivity contribution in [1.82, 2.24) is 20.9 Å². The normalized spacial score (nSPS) is 14.2. The molecule has 4 amide bonds. The molecule has 0 aromatic rings. The maximum absolute atomic E-state index is 11.6. The number of amides is 4. The molecule has 20 heavy (non-hydrogen) atoms. The lowest BCUT2D eigenvalue weighted by Crippen LogP contribution is -2.46. The van der Waals surface area contributed by atoms with Gasteiger partial charge in [0.1, 0.15) is 0 Å². The first-order valence-corrected chi connectivity index (χ1v) is 6.92. The lowest BCUT2D eigenvalue weighted by Gasteiger charge is -2.15. The van der Waals surface area contributed by atoms with Crippen LogP contribution in [-0.4, -0.2) is 55.5 Å². The third-order valence-electron chi connectivity index (χ3n) is 2.69. The molecule has 1 rings (SSSR count). The number of nitrogens with one attached hydrogen (secondary N) is 3. The van der Waals surface area contributed by atoms with Crippen molar-refractivity contribution in [2.45, 2.75) is 32.7 Å². The Morgan fingerprint density at radius 1 is 1.15 bits per heavy atom. The summed E-state index contributed by atoms with van der Waals surface area (Å²) >= 11 is 0. The fourth-order valence-electron chi connectivity index (χ4n) is 1.55. The van der Waals surface area contributed by atoms with Crippen LogP contribution in [0.4, 0.5) is 4.79 Å². The first-order valence-electron chi connectivity index (χ1n) is 6.92. The predicted molar refractivity (Wildman–Crippen MR) is 75.0 cm³/mol. The monoisotopic (exact) mass is 284 g/mol. The highest BCUT2D eigenvalue weighted by atomic mass is 16.2. The van der Waals surface area contributed by atoms with E-state index in [1.807, 2.05) is 13.8 Å². The summed E-state index contributed by atoms with van der Waals surface area (Å²) in [5.74, 6) is -0.190. The van der Waals surface area contributed by atoms with Crippen molar-refractivity contribution in [2.75, 3.05) is 26.7 Å². The van der Waals surface area contributed by atoms with Crippen molar-refractivity contribution in [3.63, 3.8) is 0 Å². The number of rotatable bonds is 7. The second-order valence-corrected chi connectivity index (χ2v) is 5.67. The number of imide groups is 1. The van der Waals surface area contributed by atoms with Gasteiger partial charge in [-0.25, -0.2) is 4.79 Å². The smallest absolute Gasteiger partial charge is 0.321 e. The first kappa shape index (κ1) is 16.4. The van der Waals surface area contributed by atoms with Gasteiger partial charge in [-0.05, 0) is 25.8 Å². The lowest BCUT2D eigenvalue weighted by molar-refractivity contribution is -0.124. The Kier molecular flexibility index (Phi) is 6.44. The zero-order chi connectivity index (χ0) is 15.1. The Morgan fingerprint density at radius 2 is 1.75 bits per heavy atom. The molecule has 0 aromatic carbocycles. The van der Waals surface area contributed by atoms with Crippen LogP contribution in [0, 0.1) is 5.92 Å². The summed E-state index contributed by atoms with van der Waals surface area (Å²) in [4.78, 5) is 36.0. The highest BCUT2D eigenvalue weighted by Crippen LogP contribution is 2.18. The molecule has 1 aliphatic rings. The van der Waals surface area contributed by atoms with Gasteiger partial charge in [0.25, 0.3) is 0 Å².